The molecule has 3 heterocycles. The second kappa shape index (κ2) is 14.3. The van der Waals surface area contributed by atoms with Crippen LogP contribution in [0.5, 0.6) is 0 Å². The topological polar surface area (TPSA) is 74.1 Å². The molecule has 0 saturated carbocycles. The van der Waals surface area contributed by atoms with E-state index in [0.717, 1.165) is 95.3 Å². The first-order valence-corrected chi connectivity index (χ1v) is 15.1. The van der Waals surface area contributed by atoms with Gasteiger partial charge in [0.15, 0.2) is 0 Å². The van der Waals surface area contributed by atoms with E-state index in [4.69, 9.17) is 25.7 Å². The van der Waals surface area contributed by atoms with Crippen molar-refractivity contribution in [1.29, 1.82) is 0 Å². The number of oxazole rings is 1. The predicted octanol–water partition coefficient (Wildman–Crippen LogP) is 4.99. The summed E-state index contributed by atoms with van der Waals surface area (Å²) in [5, 5.41) is 3.87. The fourth-order valence-electron chi connectivity index (χ4n) is 5.59. The number of likely N-dealkylation sites (tertiary alicyclic amines) is 1. The zero-order chi connectivity index (χ0) is 28.6. The molecule has 2 aliphatic heterocycles. The van der Waals surface area contributed by atoms with E-state index in [9.17, 15) is 4.79 Å². The number of anilines is 1. The van der Waals surface area contributed by atoms with E-state index in [1.165, 1.54) is 11.3 Å². The number of aryl methyl sites for hydroxylation is 1. The summed E-state index contributed by atoms with van der Waals surface area (Å²) in [4.78, 5) is 24.6. The smallest absolute Gasteiger partial charge is 0.226 e. The largest absolute Gasteiger partial charge is 0.441 e. The minimum Gasteiger partial charge on any atom is -0.441 e. The number of carbonyl (C=O) groups excluding carboxylic acids is 1. The maximum Gasteiger partial charge on any atom is 0.226 e. The zero-order valence-corrected chi connectivity index (χ0v) is 25.0. The van der Waals surface area contributed by atoms with Crippen molar-refractivity contribution in [2.75, 3.05) is 64.4 Å². The highest BCUT2D eigenvalue weighted by molar-refractivity contribution is 6.30. The molecule has 2 aromatic carbocycles. The Balaban J connectivity index is 0.976. The zero-order valence-electron chi connectivity index (χ0n) is 24.3. The maximum absolute atomic E-state index is 12.8. The van der Waals surface area contributed by atoms with Gasteiger partial charge in [0.05, 0.1) is 18.9 Å². The van der Waals surface area contributed by atoms with Gasteiger partial charge in [0, 0.05) is 54.9 Å². The Labute approximate surface area is 248 Å². The predicted molar refractivity (Wildman–Crippen MR) is 163 cm³/mol. The third-order valence-corrected chi connectivity index (χ3v) is 8.35. The molecule has 0 atom stereocenters. The van der Waals surface area contributed by atoms with E-state index in [-0.39, 0.29) is 11.8 Å². The quantitative estimate of drug-likeness (QED) is 0.321. The molecule has 0 bridgehead atoms. The molecule has 2 fully saturated rings. The lowest BCUT2D eigenvalue weighted by Gasteiger charge is -2.30. The van der Waals surface area contributed by atoms with Gasteiger partial charge in [0.2, 0.25) is 11.8 Å². The molecule has 0 spiro atoms. The van der Waals surface area contributed by atoms with Crippen molar-refractivity contribution in [1.82, 2.24) is 20.1 Å². The molecule has 0 unspecified atom stereocenters. The number of carbonyl (C=O) groups is 1. The van der Waals surface area contributed by atoms with Gasteiger partial charge in [-0.1, -0.05) is 23.7 Å². The first-order chi connectivity index (χ1) is 19.9. The van der Waals surface area contributed by atoms with Crippen LogP contribution < -0.4 is 10.2 Å². The molecule has 0 aliphatic carbocycles. The molecule has 220 valence electrons. The summed E-state index contributed by atoms with van der Waals surface area (Å²) in [5.74, 6) is 1.73. The molecule has 3 aromatic rings. The molecule has 9 heteroatoms. The molecule has 1 N–H and O–H groups in total. The minimum atomic E-state index is 0.0806. The van der Waals surface area contributed by atoms with Gasteiger partial charge >= 0.3 is 0 Å². The van der Waals surface area contributed by atoms with Crippen molar-refractivity contribution < 1.29 is 13.9 Å². The Morgan fingerprint density at radius 1 is 1.05 bits per heavy atom. The maximum atomic E-state index is 12.8. The Morgan fingerprint density at radius 3 is 2.46 bits per heavy atom. The lowest BCUT2D eigenvalue weighted by molar-refractivity contribution is -0.126. The monoisotopic (exact) mass is 579 g/mol. The van der Waals surface area contributed by atoms with Crippen LogP contribution in [0.2, 0.25) is 5.02 Å². The van der Waals surface area contributed by atoms with Gasteiger partial charge in [0.25, 0.3) is 0 Å². The fraction of sp³-hybridized carbons (Fsp3) is 0.500. The van der Waals surface area contributed by atoms with Crippen molar-refractivity contribution >= 4 is 23.2 Å². The molecule has 5 rings (SSSR count). The first kappa shape index (κ1) is 29.6. The second-order valence-electron chi connectivity index (χ2n) is 11.2. The first-order valence-electron chi connectivity index (χ1n) is 14.8. The number of piperidine rings is 1. The van der Waals surface area contributed by atoms with Crippen LogP contribution in [0.1, 0.15) is 36.3 Å². The average Bonchev–Trinajstić information content (AvgIpc) is 3.36. The van der Waals surface area contributed by atoms with Crippen molar-refractivity contribution in [3.05, 3.63) is 70.6 Å². The number of morpholine rings is 1. The number of benzene rings is 2. The second-order valence-corrected chi connectivity index (χ2v) is 11.7. The molecule has 2 saturated heterocycles. The molecular formula is C32H42ClN5O3. The normalized spacial score (nSPS) is 16.8. The molecule has 8 nitrogen and oxygen atoms in total. The van der Waals surface area contributed by atoms with Crippen LogP contribution in [0.3, 0.4) is 0 Å². The van der Waals surface area contributed by atoms with Crippen LogP contribution in [-0.2, 0) is 22.6 Å². The molecule has 41 heavy (non-hydrogen) atoms. The van der Waals surface area contributed by atoms with Gasteiger partial charge < -0.3 is 24.3 Å². The lowest BCUT2D eigenvalue weighted by Crippen LogP contribution is -2.40. The van der Waals surface area contributed by atoms with Gasteiger partial charge in [-0.2, -0.15) is 0 Å². The van der Waals surface area contributed by atoms with E-state index < -0.39 is 0 Å². The van der Waals surface area contributed by atoms with E-state index >= 15 is 0 Å². The molecule has 0 radical (unpaired) electrons. The summed E-state index contributed by atoms with van der Waals surface area (Å²) >= 11 is 6.01. The average molecular weight is 580 g/mol. The van der Waals surface area contributed by atoms with E-state index in [1.54, 1.807) is 0 Å². The third-order valence-electron chi connectivity index (χ3n) is 8.10. The van der Waals surface area contributed by atoms with E-state index in [1.807, 2.05) is 31.2 Å². The lowest BCUT2D eigenvalue weighted by atomic mass is 9.95. The van der Waals surface area contributed by atoms with Gasteiger partial charge in [0.1, 0.15) is 5.76 Å². The SMILES string of the molecule is Cc1oc(-c2ccc(Cl)cc2)nc1CN1CCC(C(=O)NCCCN(C)Cc2ccc(N3CCOCC3)cc2)CC1. The number of rotatable bonds is 11. The number of ether oxygens (including phenoxy) is 1. The van der Waals surface area contributed by atoms with Crippen LogP contribution in [0.25, 0.3) is 11.5 Å². The standard InChI is InChI=1S/C32H42ClN5O3/c1-24-30(35-32(41-24)27-6-8-28(33)9-7-27)23-37-16-12-26(13-17-37)31(39)34-14-3-15-36(2)22-25-4-10-29(11-5-25)38-18-20-40-21-19-38/h4-11,26H,3,12-23H2,1-2H3,(H,34,39). The molecule has 1 amide bonds. The van der Waals surface area contributed by atoms with Gasteiger partial charge in [-0.3, -0.25) is 9.69 Å². The van der Waals surface area contributed by atoms with Crippen LogP contribution in [0.15, 0.2) is 52.9 Å². The fourth-order valence-corrected chi connectivity index (χ4v) is 5.71. The van der Waals surface area contributed by atoms with Gasteiger partial charge in [-0.05, 0) is 94.8 Å². The number of aromatic nitrogens is 1. The highest BCUT2D eigenvalue weighted by atomic mass is 35.5. The summed E-state index contributed by atoms with van der Waals surface area (Å²) in [6.45, 7) is 10.5. The highest BCUT2D eigenvalue weighted by Crippen LogP contribution is 2.26. The Bertz CT molecular complexity index is 1250. The number of nitrogens with zero attached hydrogens (tertiary/aromatic N) is 4. The molecular weight excluding hydrogens is 538 g/mol. The summed E-state index contributed by atoms with van der Waals surface area (Å²) in [5.41, 5.74) is 4.45. The number of hydrogen-bond acceptors (Lipinski definition) is 7. The molecule has 1 aromatic heterocycles. The Kier molecular flexibility index (Phi) is 10.3. The molecule has 2 aliphatic rings. The Hall–Kier alpha value is -2.91. The van der Waals surface area contributed by atoms with Crippen molar-refractivity contribution in [2.24, 2.45) is 5.92 Å². The van der Waals surface area contributed by atoms with Gasteiger partial charge in [-0.25, -0.2) is 4.98 Å². The number of hydrogen-bond donors (Lipinski definition) is 1. The number of nitrogens with one attached hydrogen (secondary N) is 1. The highest BCUT2D eigenvalue weighted by Gasteiger charge is 2.26. The number of amides is 1. The van der Waals surface area contributed by atoms with E-state index in [0.29, 0.717) is 17.5 Å². The van der Waals surface area contributed by atoms with Crippen LogP contribution in [-0.4, -0.2) is 80.2 Å². The summed E-state index contributed by atoms with van der Waals surface area (Å²) in [6.07, 6.45) is 2.68. The van der Waals surface area contributed by atoms with Crippen LogP contribution >= 0.6 is 11.6 Å². The van der Waals surface area contributed by atoms with Crippen molar-refractivity contribution in [3.8, 4) is 11.5 Å². The van der Waals surface area contributed by atoms with Crippen LogP contribution in [0.4, 0.5) is 5.69 Å². The summed E-state index contributed by atoms with van der Waals surface area (Å²) in [6, 6.07) is 16.4. The number of halogens is 1. The summed E-state index contributed by atoms with van der Waals surface area (Å²) < 4.78 is 11.4. The Morgan fingerprint density at radius 2 is 1.76 bits per heavy atom. The minimum absolute atomic E-state index is 0.0806. The third kappa shape index (κ3) is 8.32. The summed E-state index contributed by atoms with van der Waals surface area (Å²) in [7, 11) is 2.14. The van der Waals surface area contributed by atoms with Crippen molar-refractivity contribution in [2.45, 2.75) is 39.3 Å². The van der Waals surface area contributed by atoms with Crippen molar-refractivity contribution in [3.63, 3.8) is 0 Å². The van der Waals surface area contributed by atoms with Gasteiger partial charge in [-0.15, -0.1) is 0 Å². The van der Waals surface area contributed by atoms with E-state index in [2.05, 4.69) is 51.3 Å². The van der Waals surface area contributed by atoms with Crippen LogP contribution in [0, 0.1) is 12.8 Å².